The summed E-state index contributed by atoms with van der Waals surface area (Å²) in [6.45, 7) is 12.5. The highest BCUT2D eigenvalue weighted by Gasteiger charge is 2.24. The molecule has 1 rings (SSSR count). The van der Waals surface area contributed by atoms with Crippen LogP contribution in [0.4, 0.5) is 4.79 Å². The van der Waals surface area contributed by atoms with Crippen LogP contribution in [0.5, 0.6) is 0 Å². The summed E-state index contributed by atoms with van der Waals surface area (Å²) < 4.78 is 0. The van der Waals surface area contributed by atoms with Crippen molar-refractivity contribution in [2.45, 2.75) is 41.0 Å². The number of nitrogens with zero attached hydrogens (tertiary/aromatic N) is 1. The van der Waals surface area contributed by atoms with Crippen molar-refractivity contribution < 1.29 is 4.79 Å². The van der Waals surface area contributed by atoms with Crippen molar-refractivity contribution in [1.29, 1.82) is 0 Å². The second-order valence-electron chi connectivity index (χ2n) is 6.50. The van der Waals surface area contributed by atoms with Crippen LogP contribution in [0.3, 0.4) is 0 Å². The average Bonchev–Trinajstić information content (AvgIpc) is 2.13. The minimum atomic E-state index is 0.0314. The number of nitrogens with one attached hydrogen (secondary N) is 1. The van der Waals surface area contributed by atoms with Gasteiger partial charge < -0.3 is 10.2 Å². The molecule has 3 nitrogen and oxygen atoms in total. The monoisotopic (exact) mass is 238 g/mol. The second kappa shape index (κ2) is 5.56. The van der Waals surface area contributed by atoms with Crippen LogP contribution in [0.1, 0.15) is 41.0 Å². The molecule has 0 aliphatic carbocycles. The van der Waals surface area contributed by atoms with E-state index >= 15 is 0 Å². The largest absolute Gasteiger partial charge is 0.324 e. The molecule has 0 aromatic rings. The van der Waals surface area contributed by atoms with Gasteiger partial charge in [0.2, 0.25) is 0 Å². The quantitative estimate of drug-likeness (QED) is 0.747. The number of carbonyl (C=O) groups excluding carboxylic acids is 1. The lowest BCUT2D eigenvalue weighted by atomic mass is 9.92. The molecule has 0 radical (unpaired) electrons. The predicted octanol–water partition coefficient (Wildman–Crippen LogP) is 3.23. The summed E-state index contributed by atoms with van der Waals surface area (Å²) in [6, 6.07) is 0.0314. The van der Waals surface area contributed by atoms with Crippen molar-refractivity contribution in [3.8, 4) is 0 Å². The molecule has 1 fully saturated rings. The Hall–Kier alpha value is -0.990. The molecular weight excluding hydrogens is 212 g/mol. The highest BCUT2D eigenvalue weighted by molar-refractivity contribution is 5.75. The van der Waals surface area contributed by atoms with Crippen LogP contribution in [0, 0.1) is 17.3 Å². The van der Waals surface area contributed by atoms with E-state index < -0.39 is 0 Å². The summed E-state index contributed by atoms with van der Waals surface area (Å²) in [7, 11) is 0. The Kier molecular flexibility index (Phi) is 4.61. The number of piperidine rings is 1. The second-order valence-corrected chi connectivity index (χ2v) is 6.50. The molecule has 98 valence electrons. The topological polar surface area (TPSA) is 32.3 Å². The van der Waals surface area contributed by atoms with Crippen molar-refractivity contribution in [2.75, 3.05) is 13.1 Å². The Morgan fingerprint density at radius 3 is 2.24 bits per heavy atom. The van der Waals surface area contributed by atoms with E-state index in [1.807, 2.05) is 11.0 Å². The molecule has 1 heterocycles. The van der Waals surface area contributed by atoms with Crippen LogP contribution < -0.4 is 5.32 Å². The fraction of sp³-hybridized carbons (Fsp3) is 0.786. The molecule has 1 aliphatic rings. The molecule has 0 saturated carbocycles. The fourth-order valence-electron chi connectivity index (χ4n) is 2.28. The first-order valence-corrected chi connectivity index (χ1v) is 6.51. The summed E-state index contributed by atoms with van der Waals surface area (Å²) in [5, 5.41) is 2.86. The van der Waals surface area contributed by atoms with Crippen LogP contribution in [-0.2, 0) is 0 Å². The lowest BCUT2D eigenvalue weighted by Crippen LogP contribution is -2.46. The van der Waals surface area contributed by atoms with Crippen molar-refractivity contribution in [1.82, 2.24) is 10.2 Å². The molecule has 1 N–H and O–H groups in total. The number of rotatable bonds is 1. The molecule has 17 heavy (non-hydrogen) atoms. The third-order valence-corrected chi connectivity index (χ3v) is 2.95. The third kappa shape index (κ3) is 5.24. The number of likely N-dealkylation sites (tertiary alicyclic amines) is 1. The van der Waals surface area contributed by atoms with Crippen LogP contribution in [0.2, 0.25) is 0 Å². The van der Waals surface area contributed by atoms with Gasteiger partial charge in [0.1, 0.15) is 0 Å². The maximum absolute atomic E-state index is 11.9. The van der Waals surface area contributed by atoms with Gasteiger partial charge in [0, 0.05) is 19.3 Å². The number of urea groups is 1. The van der Waals surface area contributed by atoms with Gasteiger partial charge in [-0.2, -0.15) is 0 Å². The normalized spacial score (nSPS) is 26.3. The van der Waals surface area contributed by atoms with E-state index in [4.69, 9.17) is 0 Å². The van der Waals surface area contributed by atoms with Gasteiger partial charge >= 0.3 is 6.03 Å². The summed E-state index contributed by atoms with van der Waals surface area (Å²) in [5.41, 5.74) is 0.107. The van der Waals surface area contributed by atoms with E-state index in [-0.39, 0.29) is 11.4 Å². The molecule has 1 saturated heterocycles. The van der Waals surface area contributed by atoms with Gasteiger partial charge in [0.25, 0.3) is 0 Å². The molecule has 3 heteroatoms. The lowest BCUT2D eigenvalue weighted by Gasteiger charge is -2.34. The SMILES string of the molecule is CC1CC(C)CN(C(=O)N/C=C/C(C)(C)C)C1. The maximum atomic E-state index is 11.9. The Bertz CT molecular complexity index is 281. The molecule has 2 amide bonds. The molecule has 1 aliphatic heterocycles. The lowest BCUT2D eigenvalue weighted by molar-refractivity contribution is 0.149. The fourth-order valence-corrected chi connectivity index (χ4v) is 2.28. The Morgan fingerprint density at radius 2 is 1.76 bits per heavy atom. The molecule has 2 atom stereocenters. The number of allylic oxidation sites excluding steroid dienone is 1. The zero-order chi connectivity index (χ0) is 13.1. The third-order valence-electron chi connectivity index (χ3n) is 2.95. The standard InChI is InChI=1S/C14H26N2O/c1-11-8-12(2)10-16(9-11)13(17)15-7-6-14(3,4)5/h6-7,11-12H,8-10H2,1-5H3,(H,15,17)/b7-6+. The van der Waals surface area contributed by atoms with Gasteiger partial charge in [0.15, 0.2) is 0 Å². The maximum Gasteiger partial charge on any atom is 0.321 e. The Morgan fingerprint density at radius 1 is 1.24 bits per heavy atom. The van der Waals surface area contributed by atoms with E-state index in [0.717, 1.165) is 13.1 Å². The zero-order valence-electron chi connectivity index (χ0n) is 11.8. The summed E-state index contributed by atoms with van der Waals surface area (Å²) in [6.07, 6.45) is 5.01. The first-order chi connectivity index (χ1) is 7.78. The van der Waals surface area contributed by atoms with E-state index in [0.29, 0.717) is 11.8 Å². The van der Waals surface area contributed by atoms with Gasteiger partial charge in [-0.25, -0.2) is 4.79 Å². The van der Waals surface area contributed by atoms with Crippen LogP contribution in [-0.4, -0.2) is 24.0 Å². The number of amides is 2. The van der Waals surface area contributed by atoms with Crippen LogP contribution in [0.15, 0.2) is 12.3 Å². The number of carbonyl (C=O) groups is 1. The van der Waals surface area contributed by atoms with Gasteiger partial charge in [-0.3, -0.25) is 0 Å². The van der Waals surface area contributed by atoms with Gasteiger partial charge in [-0.05, 0) is 23.7 Å². The molecule has 0 spiro atoms. The van der Waals surface area contributed by atoms with Gasteiger partial charge in [0.05, 0.1) is 0 Å². The molecular formula is C14H26N2O. The minimum Gasteiger partial charge on any atom is -0.324 e. The first kappa shape index (κ1) is 14.1. The van der Waals surface area contributed by atoms with E-state index in [2.05, 4.69) is 39.9 Å². The highest BCUT2D eigenvalue weighted by atomic mass is 16.2. The van der Waals surface area contributed by atoms with Crippen molar-refractivity contribution in [3.63, 3.8) is 0 Å². The van der Waals surface area contributed by atoms with Crippen molar-refractivity contribution >= 4 is 6.03 Å². The summed E-state index contributed by atoms with van der Waals surface area (Å²) in [4.78, 5) is 13.9. The minimum absolute atomic E-state index is 0.0314. The molecule has 0 aromatic carbocycles. The Labute approximate surface area is 105 Å². The van der Waals surface area contributed by atoms with E-state index in [9.17, 15) is 4.79 Å². The smallest absolute Gasteiger partial charge is 0.321 e. The predicted molar refractivity (Wildman–Crippen MR) is 71.6 cm³/mol. The van der Waals surface area contributed by atoms with Crippen molar-refractivity contribution in [3.05, 3.63) is 12.3 Å². The molecule has 0 bridgehead atoms. The van der Waals surface area contributed by atoms with Crippen LogP contribution in [0.25, 0.3) is 0 Å². The van der Waals surface area contributed by atoms with Gasteiger partial charge in [-0.15, -0.1) is 0 Å². The number of hydrogen-bond acceptors (Lipinski definition) is 1. The van der Waals surface area contributed by atoms with Gasteiger partial charge in [-0.1, -0.05) is 40.7 Å². The first-order valence-electron chi connectivity index (χ1n) is 6.51. The molecule has 2 unspecified atom stereocenters. The van der Waals surface area contributed by atoms with Crippen LogP contribution >= 0.6 is 0 Å². The van der Waals surface area contributed by atoms with E-state index in [1.165, 1.54) is 6.42 Å². The van der Waals surface area contributed by atoms with E-state index in [1.54, 1.807) is 6.20 Å². The molecule has 0 aromatic heterocycles. The highest BCUT2D eigenvalue weighted by Crippen LogP contribution is 2.20. The Balaban J connectivity index is 2.45. The number of hydrogen-bond donors (Lipinski definition) is 1. The summed E-state index contributed by atoms with van der Waals surface area (Å²) in [5.74, 6) is 1.21. The van der Waals surface area contributed by atoms with Crippen molar-refractivity contribution in [2.24, 2.45) is 17.3 Å². The summed E-state index contributed by atoms with van der Waals surface area (Å²) >= 11 is 0. The zero-order valence-corrected chi connectivity index (χ0v) is 11.8. The average molecular weight is 238 g/mol.